The molecular weight excluding hydrogens is 380 g/mol. The molecule has 142 valence electrons. The number of benzene rings is 2. The number of nitrogens with zero attached hydrogens (tertiary/aromatic N) is 1. The van der Waals surface area contributed by atoms with E-state index in [1.807, 2.05) is 12.1 Å². The number of sulfone groups is 1. The smallest absolute Gasteiger partial charge is 0.230 e. The molecule has 0 spiro atoms. The van der Waals surface area contributed by atoms with Crippen molar-refractivity contribution in [3.05, 3.63) is 53.6 Å². The first-order chi connectivity index (χ1) is 12.8. The van der Waals surface area contributed by atoms with E-state index >= 15 is 0 Å². The molecule has 0 unspecified atom stereocenters. The van der Waals surface area contributed by atoms with Gasteiger partial charge in [0.25, 0.3) is 0 Å². The minimum Gasteiger partial charge on any atom is -0.302 e. The zero-order chi connectivity index (χ0) is 19.6. The topological polar surface area (TPSA) is 76.1 Å². The summed E-state index contributed by atoms with van der Waals surface area (Å²) in [5.74, 6) is 0.242. The summed E-state index contributed by atoms with van der Waals surface area (Å²) in [6.45, 7) is 5.85. The maximum atomic E-state index is 12.4. The summed E-state index contributed by atoms with van der Waals surface area (Å²) >= 11 is 1.45. The number of anilines is 1. The Labute approximate surface area is 163 Å². The third-order valence-corrected chi connectivity index (χ3v) is 7.03. The van der Waals surface area contributed by atoms with Gasteiger partial charge in [-0.05, 0) is 35.2 Å². The van der Waals surface area contributed by atoms with Gasteiger partial charge in [0.1, 0.15) is 0 Å². The van der Waals surface area contributed by atoms with Crippen molar-refractivity contribution in [3.63, 3.8) is 0 Å². The highest BCUT2D eigenvalue weighted by Crippen LogP contribution is 2.31. The van der Waals surface area contributed by atoms with E-state index in [1.54, 1.807) is 31.2 Å². The third kappa shape index (κ3) is 4.36. The van der Waals surface area contributed by atoms with Gasteiger partial charge in [0.05, 0.1) is 27.3 Å². The van der Waals surface area contributed by atoms with Gasteiger partial charge in [-0.2, -0.15) is 0 Å². The van der Waals surface area contributed by atoms with Gasteiger partial charge in [0.2, 0.25) is 5.91 Å². The van der Waals surface area contributed by atoms with E-state index in [-0.39, 0.29) is 23.0 Å². The predicted molar refractivity (Wildman–Crippen MR) is 110 cm³/mol. The largest absolute Gasteiger partial charge is 0.302 e. The van der Waals surface area contributed by atoms with E-state index in [0.717, 1.165) is 21.3 Å². The molecule has 2 aromatic carbocycles. The van der Waals surface area contributed by atoms with Gasteiger partial charge < -0.3 is 5.32 Å². The second-order valence-corrected chi connectivity index (χ2v) is 9.95. The Balaban J connectivity index is 1.73. The van der Waals surface area contributed by atoms with Crippen molar-refractivity contribution >= 4 is 42.4 Å². The van der Waals surface area contributed by atoms with Crippen LogP contribution in [0.3, 0.4) is 0 Å². The SMILES string of the molecule is CCS(=O)(=O)c1ccc(CC(=O)Nc2nc3c(C(C)C)cccc3s2)cc1. The van der Waals surface area contributed by atoms with Crippen molar-refractivity contribution < 1.29 is 13.2 Å². The van der Waals surface area contributed by atoms with Crippen LogP contribution in [0.4, 0.5) is 5.13 Å². The summed E-state index contributed by atoms with van der Waals surface area (Å²) in [6.07, 6.45) is 0.166. The molecule has 7 heteroatoms. The van der Waals surface area contributed by atoms with Gasteiger partial charge in [-0.1, -0.05) is 56.4 Å². The first-order valence-corrected chi connectivity index (χ1v) is 11.3. The molecule has 0 saturated carbocycles. The minimum atomic E-state index is -3.23. The first-order valence-electron chi connectivity index (χ1n) is 8.81. The molecule has 3 rings (SSSR count). The van der Waals surface area contributed by atoms with Gasteiger partial charge in [0, 0.05) is 0 Å². The van der Waals surface area contributed by atoms with Crippen molar-refractivity contribution in [1.29, 1.82) is 0 Å². The van der Waals surface area contributed by atoms with Crippen molar-refractivity contribution in [1.82, 2.24) is 4.98 Å². The maximum absolute atomic E-state index is 12.4. The van der Waals surface area contributed by atoms with Gasteiger partial charge in [-0.25, -0.2) is 13.4 Å². The fourth-order valence-corrected chi connectivity index (χ4v) is 4.62. The molecule has 3 aromatic rings. The Hall–Kier alpha value is -2.25. The van der Waals surface area contributed by atoms with Gasteiger partial charge in [-0.3, -0.25) is 4.79 Å². The monoisotopic (exact) mass is 402 g/mol. The maximum Gasteiger partial charge on any atom is 0.230 e. The summed E-state index contributed by atoms with van der Waals surface area (Å²) in [5.41, 5.74) is 2.85. The summed E-state index contributed by atoms with van der Waals surface area (Å²) in [4.78, 5) is 17.2. The van der Waals surface area contributed by atoms with Crippen molar-refractivity contribution in [2.24, 2.45) is 0 Å². The van der Waals surface area contributed by atoms with Crippen molar-refractivity contribution in [2.45, 2.75) is 38.0 Å². The zero-order valence-corrected chi connectivity index (χ0v) is 17.2. The molecule has 1 heterocycles. The molecule has 0 saturated heterocycles. The molecule has 0 radical (unpaired) electrons. The third-order valence-electron chi connectivity index (χ3n) is 4.35. The highest BCUT2D eigenvalue weighted by molar-refractivity contribution is 7.91. The van der Waals surface area contributed by atoms with Crippen LogP contribution in [0.5, 0.6) is 0 Å². The second-order valence-electron chi connectivity index (χ2n) is 6.64. The Kier molecular flexibility index (Phi) is 5.62. The van der Waals surface area contributed by atoms with Crippen LogP contribution in [-0.2, 0) is 21.1 Å². The van der Waals surface area contributed by atoms with Crippen LogP contribution in [0.25, 0.3) is 10.2 Å². The molecule has 0 fully saturated rings. The lowest BCUT2D eigenvalue weighted by Crippen LogP contribution is -2.14. The number of carbonyl (C=O) groups is 1. The molecule has 1 N–H and O–H groups in total. The summed E-state index contributed by atoms with van der Waals surface area (Å²) < 4.78 is 24.7. The highest BCUT2D eigenvalue weighted by atomic mass is 32.2. The molecule has 27 heavy (non-hydrogen) atoms. The van der Waals surface area contributed by atoms with Crippen LogP contribution in [0, 0.1) is 0 Å². The van der Waals surface area contributed by atoms with Crippen LogP contribution in [0.15, 0.2) is 47.4 Å². The number of aromatic nitrogens is 1. The number of hydrogen-bond donors (Lipinski definition) is 1. The number of carbonyl (C=O) groups excluding carboxylic acids is 1. The average molecular weight is 403 g/mol. The number of thiazole rings is 1. The Bertz CT molecular complexity index is 1070. The summed E-state index contributed by atoms with van der Waals surface area (Å²) in [5, 5.41) is 3.43. The Morgan fingerprint density at radius 2 is 1.85 bits per heavy atom. The lowest BCUT2D eigenvalue weighted by Gasteiger charge is -2.05. The number of rotatable bonds is 6. The molecule has 0 bridgehead atoms. The standard InChI is InChI=1S/C20H22N2O3S2/c1-4-27(24,25)15-10-8-14(9-11-15)12-18(23)21-20-22-19-16(13(2)3)6-5-7-17(19)26-20/h5-11,13H,4,12H2,1-3H3,(H,21,22,23). The number of para-hydroxylation sites is 1. The summed E-state index contributed by atoms with van der Waals surface area (Å²) in [6, 6.07) is 12.5. The predicted octanol–water partition coefficient (Wildman–Crippen LogP) is 4.39. The first kappa shape index (κ1) is 19.5. The summed E-state index contributed by atoms with van der Waals surface area (Å²) in [7, 11) is -3.23. The number of hydrogen-bond acceptors (Lipinski definition) is 5. The van der Waals surface area contributed by atoms with E-state index in [1.165, 1.54) is 11.3 Å². The molecule has 0 atom stereocenters. The number of amides is 1. The fraction of sp³-hybridized carbons (Fsp3) is 0.300. The zero-order valence-electron chi connectivity index (χ0n) is 15.5. The molecule has 5 nitrogen and oxygen atoms in total. The van der Waals surface area contributed by atoms with Gasteiger partial charge in [0.15, 0.2) is 15.0 Å². The second kappa shape index (κ2) is 7.78. The molecular formula is C20H22N2O3S2. The van der Waals surface area contributed by atoms with Crippen LogP contribution >= 0.6 is 11.3 Å². The quantitative estimate of drug-likeness (QED) is 0.663. The Morgan fingerprint density at radius 3 is 2.48 bits per heavy atom. The average Bonchev–Trinajstić information content (AvgIpc) is 3.03. The van der Waals surface area contributed by atoms with E-state index < -0.39 is 9.84 Å². The van der Waals surface area contributed by atoms with Crippen LogP contribution in [0.1, 0.15) is 37.8 Å². The van der Waals surface area contributed by atoms with E-state index in [2.05, 4.69) is 30.2 Å². The van der Waals surface area contributed by atoms with E-state index in [4.69, 9.17) is 0 Å². The van der Waals surface area contributed by atoms with E-state index in [9.17, 15) is 13.2 Å². The lowest BCUT2D eigenvalue weighted by atomic mass is 10.0. The molecule has 0 aliphatic rings. The lowest BCUT2D eigenvalue weighted by molar-refractivity contribution is -0.115. The highest BCUT2D eigenvalue weighted by Gasteiger charge is 2.14. The van der Waals surface area contributed by atoms with Crippen molar-refractivity contribution in [3.8, 4) is 0 Å². The molecule has 0 aliphatic carbocycles. The fourth-order valence-electron chi connectivity index (χ4n) is 2.82. The Morgan fingerprint density at radius 1 is 1.15 bits per heavy atom. The van der Waals surface area contributed by atoms with Crippen LogP contribution < -0.4 is 5.32 Å². The van der Waals surface area contributed by atoms with Gasteiger partial charge in [-0.15, -0.1) is 0 Å². The van der Waals surface area contributed by atoms with Crippen LogP contribution in [-0.4, -0.2) is 25.1 Å². The molecule has 0 aliphatic heterocycles. The van der Waals surface area contributed by atoms with Crippen molar-refractivity contribution in [2.75, 3.05) is 11.1 Å². The van der Waals surface area contributed by atoms with Gasteiger partial charge >= 0.3 is 0 Å². The number of fused-ring (bicyclic) bond motifs is 1. The number of nitrogens with one attached hydrogen (secondary N) is 1. The molecule has 1 aromatic heterocycles. The normalized spacial score (nSPS) is 11.9. The van der Waals surface area contributed by atoms with E-state index in [0.29, 0.717) is 11.0 Å². The molecule has 1 amide bonds. The van der Waals surface area contributed by atoms with Crippen LogP contribution in [0.2, 0.25) is 0 Å². The minimum absolute atomic E-state index is 0.0583.